The highest BCUT2D eigenvalue weighted by Crippen LogP contribution is 2.17. The third kappa shape index (κ3) is 3.24. The summed E-state index contributed by atoms with van der Waals surface area (Å²) < 4.78 is 0. The predicted molar refractivity (Wildman–Crippen MR) is 75.9 cm³/mol. The van der Waals surface area contributed by atoms with Gasteiger partial charge in [0.15, 0.2) is 0 Å². The molecule has 0 aromatic heterocycles. The van der Waals surface area contributed by atoms with Gasteiger partial charge in [0.05, 0.1) is 6.04 Å². The summed E-state index contributed by atoms with van der Waals surface area (Å²) in [6, 6.07) is 8.28. The Morgan fingerprint density at radius 1 is 1.39 bits per heavy atom. The van der Waals surface area contributed by atoms with E-state index in [-0.39, 0.29) is 24.4 Å². The minimum atomic E-state index is -0.0542. The Hall–Kier alpha value is -1.06. The van der Waals surface area contributed by atoms with Crippen LogP contribution in [-0.4, -0.2) is 30.4 Å². The fourth-order valence-electron chi connectivity index (χ4n) is 2.34. The Bertz CT molecular complexity index is 409. The highest BCUT2D eigenvalue weighted by atomic mass is 35.5. The van der Waals surface area contributed by atoms with Crippen LogP contribution in [0.4, 0.5) is 0 Å². The van der Waals surface area contributed by atoms with Crippen LogP contribution in [0, 0.1) is 0 Å². The van der Waals surface area contributed by atoms with Gasteiger partial charge in [-0.15, -0.1) is 12.4 Å². The highest BCUT2D eigenvalue weighted by molar-refractivity contribution is 5.85. The number of benzene rings is 1. The van der Waals surface area contributed by atoms with Crippen molar-refractivity contribution < 1.29 is 4.79 Å². The molecule has 0 fully saturated rings. The van der Waals surface area contributed by atoms with Crippen molar-refractivity contribution in [2.75, 3.05) is 13.6 Å². The van der Waals surface area contributed by atoms with Crippen molar-refractivity contribution in [2.24, 2.45) is 0 Å². The molecule has 100 valence electrons. The quantitative estimate of drug-likeness (QED) is 0.909. The summed E-state index contributed by atoms with van der Waals surface area (Å²) in [6.45, 7) is 3.72. The fraction of sp³-hybridized carbons (Fsp3) is 0.500. The van der Waals surface area contributed by atoms with Crippen molar-refractivity contribution in [3.63, 3.8) is 0 Å². The van der Waals surface area contributed by atoms with Gasteiger partial charge in [-0.1, -0.05) is 31.2 Å². The Balaban J connectivity index is 0.00000162. The first-order valence-corrected chi connectivity index (χ1v) is 6.27. The van der Waals surface area contributed by atoms with Crippen LogP contribution in [-0.2, 0) is 17.8 Å². The molecule has 1 aliphatic rings. The zero-order chi connectivity index (χ0) is 12.3. The number of hydrogen-bond donors (Lipinski definition) is 1. The second-order valence-electron chi connectivity index (χ2n) is 4.67. The van der Waals surface area contributed by atoms with E-state index >= 15 is 0 Å². The summed E-state index contributed by atoms with van der Waals surface area (Å²) in [5.74, 6) is 0.210. The van der Waals surface area contributed by atoms with Crippen molar-refractivity contribution in [3.05, 3.63) is 35.4 Å². The topological polar surface area (TPSA) is 32.3 Å². The number of fused-ring (bicyclic) bond motifs is 1. The number of carbonyl (C=O) groups is 1. The van der Waals surface area contributed by atoms with Gasteiger partial charge in [0.1, 0.15) is 0 Å². The van der Waals surface area contributed by atoms with E-state index in [9.17, 15) is 4.79 Å². The van der Waals surface area contributed by atoms with Gasteiger partial charge in [-0.05, 0) is 24.0 Å². The molecular formula is C14H21ClN2O. The molecule has 0 radical (unpaired) electrons. The molecule has 2 rings (SSSR count). The summed E-state index contributed by atoms with van der Waals surface area (Å²) in [6.07, 6.45) is 1.81. The van der Waals surface area contributed by atoms with Gasteiger partial charge in [-0.2, -0.15) is 0 Å². The van der Waals surface area contributed by atoms with E-state index in [2.05, 4.69) is 24.4 Å². The summed E-state index contributed by atoms with van der Waals surface area (Å²) in [5, 5.41) is 3.32. The first-order valence-electron chi connectivity index (χ1n) is 6.27. The zero-order valence-electron chi connectivity index (χ0n) is 11.0. The lowest BCUT2D eigenvalue weighted by molar-refractivity contribution is -0.132. The standard InChI is InChI=1S/C14H20N2O.ClH/c1-3-8-16(2)14(17)13-9-11-6-4-5-7-12(11)10-15-13;/h4-7,13,15H,3,8-10H2,1-2H3;1H. The van der Waals surface area contributed by atoms with E-state index in [0.29, 0.717) is 0 Å². The molecule has 1 amide bonds. The summed E-state index contributed by atoms with van der Waals surface area (Å²) in [7, 11) is 1.88. The van der Waals surface area contributed by atoms with E-state index in [0.717, 1.165) is 25.9 Å². The minimum absolute atomic E-state index is 0. The number of rotatable bonds is 3. The van der Waals surface area contributed by atoms with Crippen LogP contribution < -0.4 is 5.32 Å². The minimum Gasteiger partial charge on any atom is -0.344 e. The maximum atomic E-state index is 12.2. The molecular weight excluding hydrogens is 248 g/mol. The fourth-order valence-corrected chi connectivity index (χ4v) is 2.34. The first-order chi connectivity index (χ1) is 8.22. The molecule has 1 heterocycles. The average molecular weight is 269 g/mol. The van der Waals surface area contributed by atoms with E-state index in [1.807, 2.05) is 24.1 Å². The number of halogens is 1. The number of hydrogen-bond acceptors (Lipinski definition) is 2. The number of carbonyl (C=O) groups excluding carboxylic acids is 1. The summed E-state index contributed by atoms with van der Waals surface area (Å²) >= 11 is 0. The molecule has 1 aromatic rings. The average Bonchev–Trinajstić information content (AvgIpc) is 2.37. The summed E-state index contributed by atoms with van der Waals surface area (Å²) in [4.78, 5) is 14.0. The third-order valence-electron chi connectivity index (χ3n) is 3.31. The van der Waals surface area contributed by atoms with Gasteiger partial charge in [0.25, 0.3) is 0 Å². The maximum absolute atomic E-state index is 12.2. The van der Waals surface area contributed by atoms with Crippen LogP contribution in [0.1, 0.15) is 24.5 Å². The Labute approximate surface area is 115 Å². The van der Waals surface area contributed by atoms with E-state index in [1.165, 1.54) is 11.1 Å². The summed E-state index contributed by atoms with van der Waals surface area (Å²) in [5.41, 5.74) is 2.61. The first kappa shape index (κ1) is 15.0. The Morgan fingerprint density at radius 3 is 2.72 bits per heavy atom. The van der Waals surface area contributed by atoms with Crippen molar-refractivity contribution in [1.29, 1.82) is 0 Å². The van der Waals surface area contributed by atoms with Gasteiger partial charge in [0, 0.05) is 20.1 Å². The lowest BCUT2D eigenvalue weighted by Crippen LogP contribution is -2.48. The molecule has 1 N–H and O–H groups in total. The van der Waals surface area contributed by atoms with Gasteiger partial charge in [0.2, 0.25) is 5.91 Å². The van der Waals surface area contributed by atoms with Crippen LogP contribution in [0.5, 0.6) is 0 Å². The number of amides is 1. The molecule has 0 bridgehead atoms. The van der Waals surface area contributed by atoms with E-state index < -0.39 is 0 Å². The normalized spacial score (nSPS) is 17.6. The SMILES string of the molecule is CCCN(C)C(=O)C1Cc2ccccc2CN1.Cl. The maximum Gasteiger partial charge on any atom is 0.239 e. The second-order valence-corrected chi connectivity index (χ2v) is 4.67. The van der Waals surface area contributed by atoms with Crippen LogP contribution in [0.3, 0.4) is 0 Å². The molecule has 1 atom stereocenters. The Kier molecular flexibility index (Phi) is 5.63. The van der Waals surface area contributed by atoms with E-state index in [4.69, 9.17) is 0 Å². The molecule has 4 heteroatoms. The Morgan fingerprint density at radius 2 is 2.06 bits per heavy atom. The zero-order valence-corrected chi connectivity index (χ0v) is 11.8. The lowest BCUT2D eigenvalue weighted by atomic mass is 9.95. The number of nitrogens with zero attached hydrogens (tertiary/aromatic N) is 1. The van der Waals surface area contributed by atoms with Crippen molar-refractivity contribution in [2.45, 2.75) is 32.4 Å². The molecule has 1 aliphatic heterocycles. The predicted octanol–water partition coefficient (Wildman–Crippen LogP) is 1.99. The van der Waals surface area contributed by atoms with Gasteiger partial charge in [-0.3, -0.25) is 4.79 Å². The molecule has 1 aromatic carbocycles. The van der Waals surface area contributed by atoms with Crippen molar-refractivity contribution in [1.82, 2.24) is 10.2 Å². The second kappa shape index (κ2) is 6.76. The van der Waals surface area contributed by atoms with Crippen LogP contribution >= 0.6 is 12.4 Å². The monoisotopic (exact) mass is 268 g/mol. The largest absolute Gasteiger partial charge is 0.344 e. The molecule has 0 saturated carbocycles. The van der Waals surface area contributed by atoms with Crippen LogP contribution in [0.15, 0.2) is 24.3 Å². The molecule has 3 nitrogen and oxygen atoms in total. The third-order valence-corrected chi connectivity index (χ3v) is 3.31. The van der Waals surface area contributed by atoms with Crippen molar-refractivity contribution >= 4 is 18.3 Å². The number of likely N-dealkylation sites (N-methyl/N-ethyl adjacent to an activating group) is 1. The lowest BCUT2D eigenvalue weighted by Gasteiger charge is -2.28. The smallest absolute Gasteiger partial charge is 0.239 e. The molecule has 0 saturated heterocycles. The van der Waals surface area contributed by atoms with Gasteiger partial charge < -0.3 is 10.2 Å². The highest BCUT2D eigenvalue weighted by Gasteiger charge is 2.25. The molecule has 0 spiro atoms. The van der Waals surface area contributed by atoms with Crippen LogP contribution in [0.25, 0.3) is 0 Å². The molecule has 0 aliphatic carbocycles. The molecule has 18 heavy (non-hydrogen) atoms. The van der Waals surface area contributed by atoms with E-state index in [1.54, 1.807) is 0 Å². The molecule has 1 unspecified atom stereocenters. The van der Waals surface area contributed by atoms with Gasteiger partial charge >= 0.3 is 0 Å². The van der Waals surface area contributed by atoms with Gasteiger partial charge in [-0.25, -0.2) is 0 Å². The van der Waals surface area contributed by atoms with Crippen LogP contribution in [0.2, 0.25) is 0 Å². The number of nitrogens with one attached hydrogen (secondary N) is 1. The van der Waals surface area contributed by atoms with Crippen molar-refractivity contribution in [3.8, 4) is 0 Å².